The van der Waals surface area contributed by atoms with Crippen LogP contribution in [-0.4, -0.2) is 64.5 Å². The van der Waals surface area contributed by atoms with Gasteiger partial charge in [0.05, 0.1) is 13.2 Å². The highest BCUT2D eigenvalue weighted by atomic mass is 16.5. The van der Waals surface area contributed by atoms with E-state index in [1.165, 1.54) is 12.8 Å². The summed E-state index contributed by atoms with van der Waals surface area (Å²) in [6, 6.07) is 0. The Morgan fingerprint density at radius 2 is 2.15 bits per heavy atom. The molecule has 0 aromatic rings. The number of hydrogen-bond donors (Lipinski definition) is 1. The first kappa shape index (κ1) is 17.2. The van der Waals surface area contributed by atoms with Crippen LogP contribution in [0.15, 0.2) is 4.99 Å². The molecule has 1 atom stereocenters. The van der Waals surface area contributed by atoms with E-state index in [2.05, 4.69) is 22.1 Å². The van der Waals surface area contributed by atoms with E-state index in [9.17, 15) is 0 Å². The van der Waals surface area contributed by atoms with Crippen molar-refractivity contribution in [3.8, 4) is 0 Å². The van der Waals surface area contributed by atoms with E-state index in [0.29, 0.717) is 13.2 Å². The summed E-state index contributed by atoms with van der Waals surface area (Å²) >= 11 is 0. The van der Waals surface area contributed by atoms with Gasteiger partial charge in [-0.25, -0.2) is 0 Å². The molecule has 20 heavy (non-hydrogen) atoms. The van der Waals surface area contributed by atoms with Crippen molar-refractivity contribution in [1.82, 2.24) is 10.2 Å². The maximum atomic E-state index is 5.44. The molecule has 1 fully saturated rings. The maximum absolute atomic E-state index is 5.44. The lowest BCUT2D eigenvalue weighted by atomic mass is 10.0. The zero-order chi connectivity index (χ0) is 14.6. The number of unbranched alkanes of at least 4 members (excludes halogenated alkanes) is 1. The predicted molar refractivity (Wildman–Crippen MR) is 83.3 cm³/mol. The van der Waals surface area contributed by atoms with Crippen molar-refractivity contribution in [3.05, 3.63) is 0 Å². The van der Waals surface area contributed by atoms with Crippen LogP contribution >= 0.6 is 0 Å². The van der Waals surface area contributed by atoms with Crippen molar-refractivity contribution < 1.29 is 9.47 Å². The minimum Gasteiger partial charge on any atom is -0.382 e. The van der Waals surface area contributed by atoms with Crippen molar-refractivity contribution in [2.45, 2.75) is 32.6 Å². The number of aliphatic imine (C=N–C) groups is 1. The molecule has 1 rings (SSSR count). The molecule has 0 saturated carbocycles. The van der Waals surface area contributed by atoms with E-state index >= 15 is 0 Å². The number of likely N-dealkylation sites (tertiary alicyclic amines) is 1. The third kappa shape index (κ3) is 7.10. The predicted octanol–water partition coefficient (Wildman–Crippen LogP) is 1.74. The van der Waals surface area contributed by atoms with Crippen LogP contribution < -0.4 is 5.32 Å². The fraction of sp³-hybridized carbons (Fsp3) is 0.933. The largest absolute Gasteiger partial charge is 0.382 e. The summed E-state index contributed by atoms with van der Waals surface area (Å²) in [7, 11) is 3.57. The van der Waals surface area contributed by atoms with E-state index in [4.69, 9.17) is 9.47 Å². The topological polar surface area (TPSA) is 46.1 Å². The Bertz CT molecular complexity index is 272. The molecule has 118 valence electrons. The van der Waals surface area contributed by atoms with Crippen LogP contribution in [-0.2, 0) is 9.47 Å². The van der Waals surface area contributed by atoms with E-state index in [-0.39, 0.29) is 0 Å². The van der Waals surface area contributed by atoms with Gasteiger partial charge in [0.2, 0.25) is 0 Å². The minimum atomic E-state index is 0.679. The lowest BCUT2D eigenvalue weighted by Gasteiger charge is -2.33. The van der Waals surface area contributed by atoms with Gasteiger partial charge in [-0.2, -0.15) is 0 Å². The van der Waals surface area contributed by atoms with Gasteiger partial charge in [0.25, 0.3) is 0 Å². The van der Waals surface area contributed by atoms with Crippen molar-refractivity contribution in [2.24, 2.45) is 10.9 Å². The molecule has 1 saturated heterocycles. The molecule has 5 nitrogen and oxygen atoms in total. The first-order valence-corrected chi connectivity index (χ1v) is 7.80. The highest BCUT2D eigenvalue weighted by Crippen LogP contribution is 2.15. The Balaban J connectivity index is 2.07. The second-order valence-corrected chi connectivity index (χ2v) is 5.48. The fourth-order valence-electron chi connectivity index (χ4n) is 2.49. The number of nitrogens with one attached hydrogen (secondary N) is 1. The Morgan fingerprint density at radius 3 is 2.85 bits per heavy atom. The van der Waals surface area contributed by atoms with Crippen molar-refractivity contribution in [3.63, 3.8) is 0 Å². The number of methoxy groups -OCH3 is 1. The number of rotatable bonds is 8. The summed E-state index contributed by atoms with van der Waals surface area (Å²) in [5, 5.41) is 3.46. The first-order valence-electron chi connectivity index (χ1n) is 7.80. The SMILES string of the molecule is CN=C(NCCCCOCCOC)N1CCCC(C)C1. The van der Waals surface area contributed by atoms with Gasteiger partial charge in [-0.3, -0.25) is 4.99 Å². The normalized spacial score (nSPS) is 20.2. The number of nitrogens with zero attached hydrogens (tertiary/aromatic N) is 2. The van der Waals surface area contributed by atoms with Gasteiger partial charge in [0.1, 0.15) is 0 Å². The van der Waals surface area contributed by atoms with Crippen LogP contribution in [0, 0.1) is 5.92 Å². The lowest BCUT2D eigenvalue weighted by Crippen LogP contribution is -2.46. The van der Waals surface area contributed by atoms with Gasteiger partial charge >= 0.3 is 0 Å². The number of piperidine rings is 1. The zero-order valence-electron chi connectivity index (χ0n) is 13.4. The Labute approximate surface area is 123 Å². The van der Waals surface area contributed by atoms with Gasteiger partial charge in [-0.15, -0.1) is 0 Å². The van der Waals surface area contributed by atoms with Crippen LogP contribution in [0.2, 0.25) is 0 Å². The van der Waals surface area contributed by atoms with Crippen molar-refractivity contribution >= 4 is 5.96 Å². The Morgan fingerprint density at radius 1 is 1.30 bits per heavy atom. The molecule has 0 aromatic heterocycles. The van der Waals surface area contributed by atoms with Crippen LogP contribution in [0.3, 0.4) is 0 Å². The Kier molecular flexibility index (Phi) is 9.41. The van der Waals surface area contributed by atoms with Crippen molar-refractivity contribution in [1.29, 1.82) is 0 Å². The summed E-state index contributed by atoms with van der Waals surface area (Å²) in [4.78, 5) is 6.77. The van der Waals surface area contributed by atoms with Crippen LogP contribution in [0.1, 0.15) is 32.6 Å². The quantitative estimate of drug-likeness (QED) is 0.419. The van der Waals surface area contributed by atoms with Gasteiger partial charge < -0.3 is 19.7 Å². The van der Waals surface area contributed by atoms with Crippen LogP contribution in [0.25, 0.3) is 0 Å². The number of hydrogen-bond acceptors (Lipinski definition) is 3. The molecule has 1 aliphatic heterocycles. The van der Waals surface area contributed by atoms with Gasteiger partial charge in [-0.1, -0.05) is 6.92 Å². The highest BCUT2D eigenvalue weighted by Gasteiger charge is 2.18. The summed E-state index contributed by atoms with van der Waals surface area (Å²) in [6.07, 6.45) is 4.79. The second kappa shape index (κ2) is 10.9. The maximum Gasteiger partial charge on any atom is 0.193 e. The van der Waals surface area contributed by atoms with E-state index in [1.54, 1.807) is 7.11 Å². The zero-order valence-corrected chi connectivity index (χ0v) is 13.4. The summed E-state index contributed by atoms with van der Waals surface area (Å²) in [5.74, 6) is 1.83. The smallest absolute Gasteiger partial charge is 0.193 e. The summed E-state index contributed by atoms with van der Waals surface area (Å²) in [6.45, 7) is 7.71. The molecule has 0 bridgehead atoms. The van der Waals surface area contributed by atoms with Gasteiger partial charge in [0.15, 0.2) is 5.96 Å². The molecule has 0 aromatic carbocycles. The van der Waals surface area contributed by atoms with Crippen LogP contribution in [0.5, 0.6) is 0 Å². The standard InChI is InChI=1S/C15H31N3O2/c1-14-7-6-9-18(13-14)15(16-2)17-8-4-5-10-20-12-11-19-3/h14H,4-13H2,1-3H3,(H,16,17). The van der Waals surface area contributed by atoms with E-state index in [0.717, 1.165) is 51.0 Å². The van der Waals surface area contributed by atoms with E-state index in [1.807, 2.05) is 7.05 Å². The molecular weight excluding hydrogens is 254 g/mol. The second-order valence-electron chi connectivity index (χ2n) is 5.48. The molecule has 1 heterocycles. The molecule has 1 aliphatic rings. The van der Waals surface area contributed by atoms with Crippen LogP contribution in [0.4, 0.5) is 0 Å². The first-order chi connectivity index (χ1) is 9.77. The van der Waals surface area contributed by atoms with Gasteiger partial charge in [0, 0.05) is 40.4 Å². The summed E-state index contributed by atoms with van der Waals surface area (Å²) in [5.41, 5.74) is 0. The molecule has 1 unspecified atom stereocenters. The average molecular weight is 285 g/mol. The minimum absolute atomic E-state index is 0.679. The number of guanidine groups is 1. The van der Waals surface area contributed by atoms with E-state index < -0.39 is 0 Å². The lowest BCUT2D eigenvalue weighted by molar-refractivity contribution is 0.0689. The van der Waals surface area contributed by atoms with Crippen molar-refractivity contribution in [2.75, 3.05) is 53.6 Å². The fourth-order valence-corrected chi connectivity index (χ4v) is 2.49. The molecule has 0 amide bonds. The number of ether oxygens (including phenoxy) is 2. The Hall–Kier alpha value is -0.810. The molecule has 0 radical (unpaired) electrons. The molecule has 1 N–H and O–H groups in total. The molecule has 0 aliphatic carbocycles. The molecular formula is C15H31N3O2. The monoisotopic (exact) mass is 285 g/mol. The van der Waals surface area contributed by atoms with Gasteiger partial charge in [-0.05, 0) is 31.6 Å². The molecule has 0 spiro atoms. The third-order valence-electron chi connectivity index (χ3n) is 3.60. The average Bonchev–Trinajstić information content (AvgIpc) is 2.46. The summed E-state index contributed by atoms with van der Waals surface area (Å²) < 4.78 is 10.4. The third-order valence-corrected chi connectivity index (χ3v) is 3.60. The highest BCUT2D eigenvalue weighted by molar-refractivity contribution is 5.79. The molecule has 5 heteroatoms.